The van der Waals surface area contributed by atoms with Crippen molar-refractivity contribution in [3.8, 4) is 0 Å². The molecule has 4 nitrogen and oxygen atoms in total. The smallest absolute Gasteiger partial charge is 0.330 e. The van der Waals surface area contributed by atoms with Gasteiger partial charge in [-0.3, -0.25) is 0 Å². The van der Waals surface area contributed by atoms with Crippen molar-refractivity contribution >= 4 is 5.97 Å². The van der Waals surface area contributed by atoms with Crippen LogP contribution in [0.4, 0.5) is 0 Å². The lowest BCUT2D eigenvalue weighted by atomic mass is 9.43. The van der Waals surface area contributed by atoms with E-state index < -0.39 is 22.8 Å². The summed E-state index contributed by atoms with van der Waals surface area (Å²) < 4.78 is 5.61. The molecule has 4 aliphatic rings. The summed E-state index contributed by atoms with van der Waals surface area (Å²) in [6.07, 6.45) is 3.93. The third-order valence-electron chi connectivity index (χ3n) is 5.93. The SMILES string of the molecule is C=CC(=O)OC12CC3CC(C1)C(C)(O)C(C2)C3(C)O. The second-order valence-electron chi connectivity index (χ2n) is 7.05. The monoisotopic (exact) mass is 266 g/mol. The van der Waals surface area contributed by atoms with Crippen molar-refractivity contribution in [2.24, 2.45) is 17.8 Å². The zero-order valence-corrected chi connectivity index (χ0v) is 11.6. The molecule has 0 aromatic heterocycles. The highest BCUT2D eigenvalue weighted by Crippen LogP contribution is 2.64. The Morgan fingerprint density at radius 1 is 1.21 bits per heavy atom. The molecule has 2 N–H and O–H groups in total. The Kier molecular flexibility index (Phi) is 2.50. The molecule has 4 bridgehead atoms. The average molecular weight is 266 g/mol. The van der Waals surface area contributed by atoms with Gasteiger partial charge in [-0.05, 0) is 51.4 Å². The van der Waals surface area contributed by atoms with Crippen LogP contribution in [0.3, 0.4) is 0 Å². The molecule has 4 atom stereocenters. The van der Waals surface area contributed by atoms with Crippen LogP contribution in [0.5, 0.6) is 0 Å². The summed E-state index contributed by atoms with van der Waals surface area (Å²) in [5.74, 6) is -0.434. The van der Waals surface area contributed by atoms with Crippen molar-refractivity contribution in [1.29, 1.82) is 0 Å². The Bertz CT molecular complexity index is 413. The first-order valence-corrected chi connectivity index (χ1v) is 7.01. The topological polar surface area (TPSA) is 66.8 Å². The predicted molar refractivity (Wildman–Crippen MR) is 69.2 cm³/mol. The van der Waals surface area contributed by atoms with E-state index in [4.69, 9.17) is 4.74 Å². The summed E-state index contributed by atoms with van der Waals surface area (Å²) in [6, 6.07) is 0. The zero-order chi connectivity index (χ0) is 14.1. The Balaban J connectivity index is 1.96. The van der Waals surface area contributed by atoms with E-state index in [1.54, 1.807) is 0 Å². The molecule has 0 radical (unpaired) electrons. The number of ether oxygens (including phenoxy) is 1. The lowest BCUT2D eigenvalue weighted by molar-refractivity contribution is -0.294. The average Bonchev–Trinajstić information content (AvgIpc) is 2.32. The summed E-state index contributed by atoms with van der Waals surface area (Å²) in [5, 5.41) is 21.4. The van der Waals surface area contributed by atoms with Gasteiger partial charge in [0.2, 0.25) is 0 Å². The van der Waals surface area contributed by atoms with Crippen LogP contribution in [0.2, 0.25) is 0 Å². The van der Waals surface area contributed by atoms with Gasteiger partial charge in [0.1, 0.15) is 5.60 Å². The van der Waals surface area contributed by atoms with Crippen LogP contribution in [0.15, 0.2) is 12.7 Å². The molecule has 106 valence electrons. The van der Waals surface area contributed by atoms with E-state index >= 15 is 0 Å². The van der Waals surface area contributed by atoms with Crippen LogP contribution in [-0.4, -0.2) is 33.0 Å². The van der Waals surface area contributed by atoms with Crippen molar-refractivity contribution in [2.45, 2.75) is 56.3 Å². The summed E-state index contributed by atoms with van der Waals surface area (Å²) >= 11 is 0. The Hall–Kier alpha value is -0.870. The highest BCUT2D eigenvalue weighted by atomic mass is 16.6. The van der Waals surface area contributed by atoms with Gasteiger partial charge in [-0.25, -0.2) is 4.79 Å². The van der Waals surface area contributed by atoms with E-state index in [2.05, 4.69) is 6.58 Å². The van der Waals surface area contributed by atoms with Crippen molar-refractivity contribution in [1.82, 2.24) is 0 Å². The third-order valence-corrected chi connectivity index (χ3v) is 5.93. The van der Waals surface area contributed by atoms with Gasteiger partial charge in [0.15, 0.2) is 0 Å². The van der Waals surface area contributed by atoms with E-state index in [-0.39, 0.29) is 17.8 Å². The molecule has 0 heterocycles. The van der Waals surface area contributed by atoms with Gasteiger partial charge in [0.25, 0.3) is 0 Å². The number of carbonyl (C=O) groups is 1. The minimum absolute atomic E-state index is 0.0999. The Labute approximate surface area is 113 Å². The van der Waals surface area contributed by atoms with Crippen LogP contribution in [0, 0.1) is 17.8 Å². The minimum Gasteiger partial charge on any atom is -0.456 e. The quantitative estimate of drug-likeness (QED) is 0.586. The molecule has 4 unspecified atom stereocenters. The molecule has 4 aliphatic carbocycles. The van der Waals surface area contributed by atoms with Crippen LogP contribution in [-0.2, 0) is 9.53 Å². The first-order valence-electron chi connectivity index (χ1n) is 7.01. The predicted octanol–water partition coefficient (Wildman–Crippen LogP) is 1.41. The summed E-state index contributed by atoms with van der Waals surface area (Å²) in [4.78, 5) is 11.6. The highest BCUT2D eigenvalue weighted by molar-refractivity contribution is 5.81. The number of hydrogen-bond donors (Lipinski definition) is 2. The highest BCUT2D eigenvalue weighted by Gasteiger charge is 2.68. The molecule has 4 rings (SSSR count). The maximum atomic E-state index is 11.6. The second kappa shape index (κ2) is 3.61. The van der Waals surface area contributed by atoms with Crippen LogP contribution < -0.4 is 0 Å². The van der Waals surface area contributed by atoms with Crippen LogP contribution >= 0.6 is 0 Å². The normalized spacial score (nSPS) is 55.1. The number of aliphatic hydroxyl groups is 2. The van der Waals surface area contributed by atoms with Gasteiger partial charge in [-0.2, -0.15) is 0 Å². The number of rotatable bonds is 2. The molecule has 4 heteroatoms. The second-order valence-corrected chi connectivity index (χ2v) is 7.05. The fraction of sp³-hybridized carbons (Fsp3) is 0.800. The van der Waals surface area contributed by atoms with Crippen molar-refractivity contribution < 1.29 is 19.7 Å². The largest absolute Gasteiger partial charge is 0.456 e. The van der Waals surface area contributed by atoms with E-state index in [1.807, 2.05) is 13.8 Å². The molecule has 19 heavy (non-hydrogen) atoms. The Morgan fingerprint density at radius 2 is 1.74 bits per heavy atom. The van der Waals surface area contributed by atoms with Gasteiger partial charge in [-0.1, -0.05) is 6.58 Å². The van der Waals surface area contributed by atoms with Crippen molar-refractivity contribution in [3.63, 3.8) is 0 Å². The summed E-state index contributed by atoms with van der Waals surface area (Å²) in [7, 11) is 0. The molecule has 4 fully saturated rings. The van der Waals surface area contributed by atoms with Gasteiger partial charge in [0.05, 0.1) is 11.2 Å². The molecule has 0 amide bonds. The standard InChI is InChI=1S/C15H22O4/c1-4-12(16)19-15-6-9-5-10(7-15)14(3,18)11(8-15)13(9,2)17/h4,9-11,17-18H,1,5-8H2,2-3H3. The van der Waals surface area contributed by atoms with Gasteiger partial charge in [-0.15, -0.1) is 0 Å². The summed E-state index contributed by atoms with van der Waals surface area (Å²) in [6.45, 7) is 7.08. The molecule has 0 aromatic rings. The van der Waals surface area contributed by atoms with E-state index in [9.17, 15) is 15.0 Å². The van der Waals surface area contributed by atoms with E-state index in [0.717, 1.165) is 6.42 Å². The minimum atomic E-state index is -0.871. The van der Waals surface area contributed by atoms with Crippen LogP contribution in [0.1, 0.15) is 39.5 Å². The van der Waals surface area contributed by atoms with Gasteiger partial charge in [0, 0.05) is 12.0 Å². The number of esters is 1. The van der Waals surface area contributed by atoms with Crippen LogP contribution in [0.25, 0.3) is 0 Å². The van der Waals surface area contributed by atoms with E-state index in [1.165, 1.54) is 6.08 Å². The third kappa shape index (κ3) is 1.62. The molecular formula is C15H22O4. The summed E-state index contributed by atoms with van der Waals surface area (Å²) in [5.41, 5.74) is -2.25. The van der Waals surface area contributed by atoms with E-state index in [0.29, 0.717) is 19.3 Å². The van der Waals surface area contributed by atoms with Crippen molar-refractivity contribution in [3.05, 3.63) is 12.7 Å². The molecule has 0 spiro atoms. The molecular weight excluding hydrogens is 244 g/mol. The molecule has 0 aliphatic heterocycles. The fourth-order valence-electron chi connectivity index (χ4n) is 4.87. The lowest BCUT2D eigenvalue weighted by Gasteiger charge is -2.67. The van der Waals surface area contributed by atoms with Gasteiger partial charge >= 0.3 is 5.97 Å². The Morgan fingerprint density at radius 3 is 2.21 bits per heavy atom. The lowest BCUT2D eigenvalue weighted by Crippen LogP contribution is -2.72. The molecule has 0 saturated heterocycles. The molecule has 0 aromatic carbocycles. The number of carbonyl (C=O) groups excluding carboxylic acids is 1. The first kappa shape index (κ1) is 13.1. The fourth-order valence-corrected chi connectivity index (χ4v) is 4.87. The zero-order valence-electron chi connectivity index (χ0n) is 11.6. The van der Waals surface area contributed by atoms with Crippen molar-refractivity contribution in [2.75, 3.05) is 0 Å². The maximum absolute atomic E-state index is 11.6. The first-order chi connectivity index (χ1) is 8.71. The van der Waals surface area contributed by atoms with Gasteiger partial charge < -0.3 is 14.9 Å². The molecule has 4 saturated carbocycles. The maximum Gasteiger partial charge on any atom is 0.330 e. The number of hydrogen-bond acceptors (Lipinski definition) is 4.